The van der Waals surface area contributed by atoms with Crippen LogP contribution in [0.25, 0.3) is 0 Å². The van der Waals surface area contributed by atoms with Crippen molar-refractivity contribution in [1.29, 1.82) is 0 Å². The number of carbonyl (C=O) groups is 2. The SMILES string of the molecule is COc1ccc(C(NC(=O)CCc2nccs2)C(=O)O)cc1F. The summed E-state index contributed by atoms with van der Waals surface area (Å²) in [5, 5.41) is 14.3. The average molecular weight is 338 g/mol. The number of ether oxygens (including phenoxy) is 1. The van der Waals surface area contributed by atoms with Crippen LogP contribution in [0.2, 0.25) is 0 Å². The van der Waals surface area contributed by atoms with Gasteiger partial charge < -0.3 is 15.2 Å². The zero-order valence-corrected chi connectivity index (χ0v) is 13.1. The number of rotatable bonds is 7. The van der Waals surface area contributed by atoms with Crippen molar-refractivity contribution in [3.8, 4) is 5.75 Å². The van der Waals surface area contributed by atoms with Gasteiger partial charge in [-0.2, -0.15) is 0 Å². The van der Waals surface area contributed by atoms with E-state index in [0.717, 1.165) is 11.1 Å². The van der Waals surface area contributed by atoms with Crippen LogP contribution in [0.3, 0.4) is 0 Å². The fourth-order valence-corrected chi connectivity index (χ4v) is 2.60. The molecule has 6 nitrogen and oxygen atoms in total. The third kappa shape index (κ3) is 4.49. The number of carboxylic acids is 1. The fraction of sp³-hybridized carbons (Fsp3) is 0.267. The van der Waals surface area contributed by atoms with Gasteiger partial charge in [0.2, 0.25) is 5.91 Å². The van der Waals surface area contributed by atoms with Gasteiger partial charge in [-0.05, 0) is 17.7 Å². The molecule has 0 spiro atoms. The van der Waals surface area contributed by atoms with Crippen LogP contribution in [0.15, 0.2) is 29.8 Å². The van der Waals surface area contributed by atoms with Crippen LogP contribution in [-0.4, -0.2) is 29.1 Å². The second kappa shape index (κ2) is 7.68. The summed E-state index contributed by atoms with van der Waals surface area (Å²) in [5.74, 6) is -2.39. The summed E-state index contributed by atoms with van der Waals surface area (Å²) >= 11 is 1.42. The van der Waals surface area contributed by atoms with E-state index in [1.165, 1.54) is 30.6 Å². The number of carboxylic acid groups (broad SMARTS) is 1. The van der Waals surface area contributed by atoms with Crippen LogP contribution in [0.5, 0.6) is 5.75 Å². The number of methoxy groups -OCH3 is 1. The standard InChI is InChI=1S/C15H15FN2O4S/c1-22-11-3-2-9(8-10(11)16)14(15(20)21)18-12(19)4-5-13-17-6-7-23-13/h2-3,6-8,14H,4-5H2,1H3,(H,18,19)(H,20,21). The number of halogens is 1. The second-order valence-corrected chi connectivity index (χ2v) is 5.64. The Bertz CT molecular complexity index is 691. The molecular formula is C15H15FN2O4S. The molecule has 0 aliphatic carbocycles. The second-order valence-electron chi connectivity index (χ2n) is 4.66. The molecule has 1 heterocycles. The number of hydrogen-bond donors (Lipinski definition) is 2. The van der Waals surface area contributed by atoms with E-state index < -0.39 is 23.7 Å². The van der Waals surface area contributed by atoms with Crippen LogP contribution in [0, 0.1) is 5.82 Å². The van der Waals surface area contributed by atoms with Gasteiger partial charge in [0.15, 0.2) is 17.6 Å². The van der Waals surface area contributed by atoms with E-state index in [-0.39, 0.29) is 17.7 Å². The summed E-state index contributed by atoms with van der Waals surface area (Å²) in [6, 6.07) is 2.45. The number of carbonyl (C=O) groups excluding carboxylic acids is 1. The lowest BCUT2D eigenvalue weighted by Crippen LogP contribution is -2.33. The molecule has 1 aromatic carbocycles. The van der Waals surface area contributed by atoms with Crippen molar-refractivity contribution in [2.75, 3.05) is 7.11 Å². The number of nitrogens with zero attached hydrogens (tertiary/aromatic N) is 1. The van der Waals surface area contributed by atoms with Gasteiger partial charge in [0.05, 0.1) is 12.1 Å². The quantitative estimate of drug-likeness (QED) is 0.808. The van der Waals surface area contributed by atoms with Crippen molar-refractivity contribution in [3.05, 3.63) is 46.2 Å². The summed E-state index contributed by atoms with van der Waals surface area (Å²) in [6.45, 7) is 0. The molecule has 8 heteroatoms. The Kier molecular flexibility index (Phi) is 5.64. The van der Waals surface area contributed by atoms with Crippen LogP contribution in [0.4, 0.5) is 4.39 Å². The van der Waals surface area contributed by atoms with Crippen LogP contribution >= 0.6 is 11.3 Å². The van der Waals surface area contributed by atoms with E-state index in [0.29, 0.717) is 6.42 Å². The highest BCUT2D eigenvalue weighted by Crippen LogP contribution is 2.22. The Hall–Kier alpha value is -2.48. The first-order valence-corrected chi connectivity index (χ1v) is 7.63. The average Bonchev–Trinajstić information content (AvgIpc) is 3.03. The molecule has 0 saturated carbocycles. The Morgan fingerprint density at radius 2 is 2.26 bits per heavy atom. The summed E-state index contributed by atoms with van der Waals surface area (Å²) in [4.78, 5) is 27.3. The maximum absolute atomic E-state index is 13.7. The fourth-order valence-electron chi connectivity index (χ4n) is 1.98. The van der Waals surface area contributed by atoms with Crippen LogP contribution in [-0.2, 0) is 16.0 Å². The Morgan fingerprint density at radius 1 is 1.48 bits per heavy atom. The zero-order valence-electron chi connectivity index (χ0n) is 12.3. The smallest absolute Gasteiger partial charge is 0.330 e. The van der Waals surface area contributed by atoms with Crippen molar-refractivity contribution in [3.63, 3.8) is 0 Å². The van der Waals surface area contributed by atoms with Gasteiger partial charge in [0, 0.05) is 24.4 Å². The molecule has 0 saturated heterocycles. The molecule has 1 amide bonds. The largest absolute Gasteiger partial charge is 0.494 e. The molecule has 122 valence electrons. The summed E-state index contributed by atoms with van der Waals surface area (Å²) < 4.78 is 18.5. The lowest BCUT2D eigenvalue weighted by molar-refractivity contribution is -0.142. The molecule has 0 bridgehead atoms. The van der Waals surface area contributed by atoms with E-state index in [1.54, 1.807) is 11.6 Å². The van der Waals surface area contributed by atoms with Crippen molar-refractivity contribution in [2.24, 2.45) is 0 Å². The minimum Gasteiger partial charge on any atom is -0.494 e. The van der Waals surface area contributed by atoms with Crippen molar-refractivity contribution in [2.45, 2.75) is 18.9 Å². The molecule has 0 aliphatic rings. The van der Waals surface area contributed by atoms with Crippen molar-refractivity contribution < 1.29 is 23.8 Å². The highest BCUT2D eigenvalue weighted by molar-refractivity contribution is 7.09. The third-order valence-corrected chi connectivity index (χ3v) is 3.95. The molecule has 0 aliphatic heterocycles. The van der Waals surface area contributed by atoms with Crippen LogP contribution < -0.4 is 10.1 Å². The highest BCUT2D eigenvalue weighted by atomic mass is 32.1. The molecule has 2 rings (SSSR count). The highest BCUT2D eigenvalue weighted by Gasteiger charge is 2.23. The number of aryl methyl sites for hydroxylation is 1. The predicted molar refractivity (Wildman–Crippen MR) is 81.9 cm³/mol. The Labute approximate surface area is 135 Å². The molecule has 0 radical (unpaired) electrons. The number of aliphatic carboxylic acids is 1. The van der Waals surface area contributed by atoms with E-state index in [4.69, 9.17) is 4.74 Å². The van der Waals surface area contributed by atoms with Crippen molar-refractivity contribution >= 4 is 23.2 Å². The number of aromatic nitrogens is 1. The first-order valence-electron chi connectivity index (χ1n) is 6.75. The maximum atomic E-state index is 13.7. The predicted octanol–water partition coefficient (Wildman–Crippen LogP) is 2.17. The Morgan fingerprint density at radius 3 is 2.83 bits per heavy atom. The maximum Gasteiger partial charge on any atom is 0.330 e. The number of benzene rings is 1. The minimum absolute atomic E-state index is 0.00739. The monoisotopic (exact) mass is 338 g/mol. The topological polar surface area (TPSA) is 88.5 Å². The molecule has 1 unspecified atom stereocenters. The molecule has 1 aromatic heterocycles. The molecular weight excluding hydrogens is 323 g/mol. The number of nitrogens with one attached hydrogen (secondary N) is 1. The van der Waals surface area contributed by atoms with Gasteiger partial charge >= 0.3 is 5.97 Å². The van der Waals surface area contributed by atoms with E-state index in [1.807, 2.05) is 0 Å². The first kappa shape index (κ1) is 16.9. The zero-order chi connectivity index (χ0) is 16.8. The van der Waals surface area contributed by atoms with Gasteiger partial charge in [-0.1, -0.05) is 6.07 Å². The molecule has 23 heavy (non-hydrogen) atoms. The van der Waals surface area contributed by atoms with Crippen molar-refractivity contribution in [1.82, 2.24) is 10.3 Å². The number of amides is 1. The normalized spacial score (nSPS) is 11.7. The molecule has 1 atom stereocenters. The number of thiazole rings is 1. The molecule has 0 fully saturated rings. The van der Waals surface area contributed by atoms with Gasteiger partial charge in [-0.15, -0.1) is 11.3 Å². The van der Waals surface area contributed by atoms with E-state index in [9.17, 15) is 19.1 Å². The summed E-state index contributed by atoms with van der Waals surface area (Å²) in [6.07, 6.45) is 2.17. The molecule has 2 aromatic rings. The van der Waals surface area contributed by atoms with E-state index in [2.05, 4.69) is 10.3 Å². The van der Waals surface area contributed by atoms with Gasteiger partial charge in [0.1, 0.15) is 0 Å². The summed E-state index contributed by atoms with van der Waals surface area (Å²) in [7, 11) is 1.31. The lowest BCUT2D eigenvalue weighted by Gasteiger charge is -2.15. The van der Waals surface area contributed by atoms with Gasteiger partial charge in [-0.3, -0.25) is 4.79 Å². The molecule has 2 N–H and O–H groups in total. The summed E-state index contributed by atoms with van der Waals surface area (Å²) in [5.41, 5.74) is 0.137. The van der Waals surface area contributed by atoms with Gasteiger partial charge in [-0.25, -0.2) is 14.2 Å². The van der Waals surface area contributed by atoms with Gasteiger partial charge in [0.25, 0.3) is 0 Å². The van der Waals surface area contributed by atoms with Crippen LogP contribution in [0.1, 0.15) is 23.0 Å². The lowest BCUT2D eigenvalue weighted by atomic mass is 10.1. The minimum atomic E-state index is -1.32. The third-order valence-electron chi connectivity index (χ3n) is 3.11. The number of hydrogen-bond acceptors (Lipinski definition) is 5. The van der Waals surface area contributed by atoms with E-state index >= 15 is 0 Å². The Balaban J connectivity index is 2.04. The first-order chi connectivity index (χ1) is 11.0.